The summed E-state index contributed by atoms with van der Waals surface area (Å²) in [5.41, 5.74) is 0. The van der Waals surface area contributed by atoms with E-state index >= 15 is 0 Å². The smallest absolute Gasteiger partial charge is 0.237 e. The third kappa shape index (κ3) is 3.73. The lowest BCUT2D eigenvalue weighted by Crippen LogP contribution is -2.43. The van der Waals surface area contributed by atoms with E-state index in [-0.39, 0.29) is 22.8 Å². The molecule has 2 aliphatic rings. The molecule has 0 spiro atoms. The van der Waals surface area contributed by atoms with Gasteiger partial charge in [0.2, 0.25) is 11.8 Å². The summed E-state index contributed by atoms with van der Waals surface area (Å²) in [7, 11) is -3.33. The molecule has 3 rings (SSSR count). The Kier molecular flexibility index (Phi) is 4.70. The maximum absolute atomic E-state index is 12.4. The Morgan fingerprint density at radius 2 is 2.00 bits per heavy atom. The van der Waals surface area contributed by atoms with Crippen molar-refractivity contribution in [3.63, 3.8) is 0 Å². The van der Waals surface area contributed by atoms with E-state index in [9.17, 15) is 13.2 Å². The second kappa shape index (κ2) is 6.59. The molecule has 1 atom stereocenters. The first-order valence-corrected chi connectivity index (χ1v) is 9.97. The Balaban J connectivity index is 1.63. The SMILES string of the molecule is Cc1nc([C@@H]2CCCN(C(=O)CS(=O)(=O)C3CCCC3)C2)no1. The lowest BCUT2D eigenvalue weighted by molar-refractivity contribution is -0.129. The fourth-order valence-electron chi connectivity index (χ4n) is 3.52. The molecule has 0 unspecified atom stereocenters. The molecule has 128 valence electrons. The molecule has 1 saturated carbocycles. The van der Waals surface area contributed by atoms with Gasteiger partial charge in [0, 0.05) is 25.9 Å². The van der Waals surface area contributed by atoms with E-state index in [0.717, 1.165) is 25.7 Å². The van der Waals surface area contributed by atoms with Gasteiger partial charge in [-0.2, -0.15) is 4.98 Å². The second-order valence-electron chi connectivity index (χ2n) is 6.56. The minimum atomic E-state index is -3.33. The van der Waals surface area contributed by atoms with Crippen molar-refractivity contribution >= 4 is 15.7 Å². The number of aryl methyl sites for hydroxylation is 1. The number of carbonyl (C=O) groups is 1. The average Bonchev–Trinajstić information content (AvgIpc) is 3.18. The van der Waals surface area contributed by atoms with Crippen molar-refractivity contribution in [3.8, 4) is 0 Å². The quantitative estimate of drug-likeness (QED) is 0.822. The van der Waals surface area contributed by atoms with Crippen LogP contribution in [0.4, 0.5) is 0 Å². The zero-order chi connectivity index (χ0) is 16.4. The summed E-state index contributed by atoms with van der Waals surface area (Å²) in [5, 5.41) is 3.60. The van der Waals surface area contributed by atoms with Crippen LogP contribution >= 0.6 is 0 Å². The predicted octanol–water partition coefficient (Wildman–Crippen LogP) is 1.44. The zero-order valence-corrected chi connectivity index (χ0v) is 14.2. The highest BCUT2D eigenvalue weighted by atomic mass is 32.2. The van der Waals surface area contributed by atoms with Gasteiger partial charge in [0.25, 0.3) is 0 Å². The van der Waals surface area contributed by atoms with Gasteiger partial charge >= 0.3 is 0 Å². The third-order valence-electron chi connectivity index (χ3n) is 4.82. The van der Waals surface area contributed by atoms with Crippen molar-refractivity contribution in [2.75, 3.05) is 18.8 Å². The molecule has 1 aromatic rings. The summed E-state index contributed by atoms with van der Waals surface area (Å²) in [5.74, 6) is 0.488. The van der Waals surface area contributed by atoms with Crippen molar-refractivity contribution in [1.29, 1.82) is 0 Å². The van der Waals surface area contributed by atoms with E-state index in [2.05, 4.69) is 10.1 Å². The van der Waals surface area contributed by atoms with Crippen molar-refractivity contribution in [2.45, 2.75) is 56.6 Å². The largest absolute Gasteiger partial charge is 0.341 e. The number of amides is 1. The number of aromatic nitrogens is 2. The van der Waals surface area contributed by atoms with Crippen LogP contribution in [0.25, 0.3) is 0 Å². The van der Waals surface area contributed by atoms with Crippen LogP contribution in [0.1, 0.15) is 56.2 Å². The fraction of sp³-hybridized carbons (Fsp3) is 0.800. The molecule has 7 nitrogen and oxygen atoms in total. The monoisotopic (exact) mass is 341 g/mol. The van der Waals surface area contributed by atoms with Crippen LogP contribution < -0.4 is 0 Å². The Labute approximate surface area is 136 Å². The van der Waals surface area contributed by atoms with Gasteiger partial charge < -0.3 is 9.42 Å². The lowest BCUT2D eigenvalue weighted by atomic mass is 9.97. The molecule has 1 saturated heterocycles. The first-order valence-electron chi connectivity index (χ1n) is 8.25. The van der Waals surface area contributed by atoms with Crippen molar-refractivity contribution in [3.05, 3.63) is 11.7 Å². The molecule has 2 heterocycles. The molecular weight excluding hydrogens is 318 g/mol. The van der Waals surface area contributed by atoms with Gasteiger partial charge in [0.15, 0.2) is 15.7 Å². The number of likely N-dealkylation sites (tertiary alicyclic amines) is 1. The van der Waals surface area contributed by atoms with E-state index in [1.165, 1.54) is 0 Å². The topological polar surface area (TPSA) is 93.4 Å². The standard InChI is InChI=1S/C15H23N3O4S/c1-11-16-15(17-22-11)12-5-4-8-18(9-12)14(19)10-23(20,21)13-6-2-3-7-13/h12-13H,2-10H2,1H3/t12-/m1/s1. The predicted molar refractivity (Wildman–Crippen MR) is 83.6 cm³/mol. The van der Waals surface area contributed by atoms with Crippen LogP contribution in [0.15, 0.2) is 4.52 Å². The van der Waals surface area contributed by atoms with E-state index in [1.54, 1.807) is 11.8 Å². The highest BCUT2D eigenvalue weighted by Crippen LogP contribution is 2.27. The Hall–Kier alpha value is -1.44. The molecule has 0 N–H and O–H groups in total. The summed E-state index contributed by atoms with van der Waals surface area (Å²) < 4.78 is 29.7. The first kappa shape index (κ1) is 16.4. The normalized spacial score (nSPS) is 23.3. The molecule has 0 aromatic carbocycles. The maximum atomic E-state index is 12.4. The Morgan fingerprint density at radius 1 is 1.26 bits per heavy atom. The molecule has 1 aliphatic carbocycles. The minimum absolute atomic E-state index is 0.0272. The van der Waals surface area contributed by atoms with E-state index in [1.807, 2.05) is 0 Å². The molecule has 1 aliphatic heterocycles. The average molecular weight is 341 g/mol. The van der Waals surface area contributed by atoms with Gasteiger partial charge in [-0.25, -0.2) is 8.42 Å². The lowest BCUT2D eigenvalue weighted by Gasteiger charge is -2.31. The van der Waals surface area contributed by atoms with Crippen LogP contribution in [0.2, 0.25) is 0 Å². The minimum Gasteiger partial charge on any atom is -0.341 e. The third-order valence-corrected chi connectivity index (χ3v) is 6.95. The van der Waals surface area contributed by atoms with Crippen LogP contribution in [0.5, 0.6) is 0 Å². The fourth-order valence-corrected chi connectivity index (χ4v) is 5.34. The molecule has 0 radical (unpaired) electrons. The summed E-state index contributed by atoms with van der Waals surface area (Å²) in [6.45, 7) is 2.81. The molecule has 1 amide bonds. The Morgan fingerprint density at radius 3 is 2.65 bits per heavy atom. The van der Waals surface area contributed by atoms with Crippen LogP contribution in [0, 0.1) is 6.92 Å². The number of carbonyl (C=O) groups excluding carboxylic acids is 1. The summed E-state index contributed by atoms with van der Waals surface area (Å²) in [4.78, 5) is 18.3. The van der Waals surface area contributed by atoms with Crippen LogP contribution in [0.3, 0.4) is 0 Å². The van der Waals surface area contributed by atoms with Crippen LogP contribution in [-0.4, -0.2) is 53.5 Å². The second-order valence-corrected chi connectivity index (χ2v) is 8.85. The van der Waals surface area contributed by atoms with Gasteiger partial charge in [-0.3, -0.25) is 4.79 Å². The van der Waals surface area contributed by atoms with Crippen molar-refractivity contribution < 1.29 is 17.7 Å². The number of sulfone groups is 1. The molecule has 0 bridgehead atoms. The first-order chi connectivity index (χ1) is 11.0. The number of rotatable bonds is 4. The van der Waals surface area contributed by atoms with Crippen molar-refractivity contribution in [2.24, 2.45) is 0 Å². The van der Waals surface area contributed by atoms with Gasteiger partial charge in [-0.1, -0.05) is 18.0 Å². The van der Waals surface area contributed by atoms with E-state index in [4.69, 9.17) is 4.52 Å². The maximum Gasteiger partial charge on any atom is 0.237 e. The number of nitrogens with zero attached hydrogens (tertiary/aromatic N) is 3. The number of piperidine rings is 1. The van der Waals surface area contributed by atoms with E-state index < -0.39 is 9.84 Å². The van der Waals surface area contributed by atoms with Gasteiger partial charge in [0.05, 0.1) is 5.25 Å². The molecule has 23 heavy (non-hydrogen) atoms. The van der Waals surface area contributed by atoms with Gasteiger partial charge in [-0.15, -0.1) is 0 Å². The zero-order valence-electron chi connectivity index (χ0n) is 13.4. The number of hydrogen-bond acceptors (Lipinski definition) is 6. The molecular formula is C15H23N3O4S. The summed E-state index contributed by atoms with van der Waals surface area (Å²) in [6, 6.07) is 0. The molecule has 1 aromatic heterocycles. The van der Waals surface area contributed by atoms with Gasteiger partial charge in [0.1, 0.15) is 5.75 Å². The van der Waals surface area contributed by atoms with Crippen LogP contribution in [-0.2, 0) is 14.6 Å². The highest BCUT2D eigenvalue weighted by molar-refractivity contribution is 7.92. The highest BCUT2D eigenvalue weighted by Gasteiger charge is 2.34. The molecule has 2 fully saturated rings. The number of hydrogen-bond donors (Lipinski definition) is 0. The molecule has 8 heteroatoms. The van der Waals surface area contributed by atoms with Crippen molar-refractivity contribution in [1.82, 2.24) is 15.0 Å². The van der Waals surface area contributed by atoms with E-state index in [0.29, 0.717) is 37.6 Å². The van der Waals surface area contributed by atoms with Gasteiger partial charge in [-0.05, 0) is 25.7 Å². The summed E-state index contributed by atoms with van der Waals surface area (Å²) >= 11 is 0. The Bertz CT molecular complexity index is 664. The summed E-state index contributed by atoms with van der Waals surface area (Å²) in [6.07, 6.45) is 4.99.